The first kappa shape index (κ1) is 16.3. The Kier molecular flexibility index (Phi) is 5.37. The second-order valence-electron chi connectivity index (χ2n) is 4.61. The van der Waals surface area contributed by atoms with Gasteiger partial charge in [0.25, 0.3) is 5.91 Å². The fourth-order valence-electron chi connectivity index (χ4n) is 1.88. The molecule has 3 nitrogen and oxygen atoms in total. The largest absolute Gasteiger partial charge is 0.320 e. The summed E-state index contributed by atoms with van der Waals surface area (Å²) in [7, 11) is 0. The molecule has 2 rings (SSSR count). The summed E-state index contributed by atoms with van der Waals surface area (Å²) in [5.74, 6) is -0.487. The van der Waals surface area contributed by atoms with Gasteiger partial charge in [-0.1, -0.05) is 51.8 Å². The van der Waals surface area contributed by atoms with Gasteiger partial charge in [-0.3, -0.25) is 4.79 Å². The van der Waals surface area contributed by atoms with E-state index in [0.29, 0.717) is 10.7 Å². The van der Waals surface area contributed by atoms with Crippen LogP contribution in [0.3, 0.4) is 0 Å². The number of nitrogens with one attached hydrogen (secondary N) is 1. The summed E-state index contributed by atoms with van der Waals surface area (Å²) < 4.78 is 0.876. The number of carbonyl (C=O) groups is 1. The van der Waals surface area contributed by atoms with Crippen molar-refractivity contribution in [1.29, 1.82) is 5.26 Å². The van der Waals surface area contributed by atoms with Crippen molar-refractivity contribution in [2.45, 2.75) is 6.92 Å². The number of anilines is 1. The van der Waals surface area contributed by atoms with Crippen molar-refractivity contribution >= 4 is 45.2 Å². The number of para-hydroxylation sites is 1. The summed E-state index contributed by atoms with van der Waals surface area (Å²) in [6.07, 6.45) is 1.53. The predicted molar refractivity (Wildman–Crippen MR) is 92.6 cm³/mol. The molecule has 2 aromatic carbocycles. The molecule has 5 heteroatoms. The number of carbonyl (C=O) groups excluding carboxylic acids is 1. The lowest BCUT2D eigenvalue weighted by Crippen LogP contribution is -2.14. The van der Waals surface area contributed by atoms with Gasteiger partial charge in [0.15, 0.2) is 0 Å². The van der Waals surface area contributed by atoms with E-state index < -0.39 is 5.91 Å². The van der Waals surface area contributed by atoms with E-state index in [9.17, 15) is 10.1 Å². The third kappa shape index (κ3) is 3.97. The molecule has 0 atom stereocenters. The van der Waals surface area contributed by atoms with E-state index in [2.05, 4.69) is 21.2 Å². The second-order valence-corrected chi connectivity index (χ2v) is 5.93. The van der Waals surface area contributed by atoms with Crippen molar-refractivity contribution < 1.29 is 4.79 Å². The average molecular weight is 376 g/mol. The minimum atomic E-state index is -0.487. The minimum Gasteiger partial charge on any atom is -0.320 e. The third-order valence-electron chi connectivity index (χ3n) is 2.99. The van der Waals surface area contributed by atoms with Crippen molar-refractivity contribution in [3.8, 4) is 6.07 Å². The van der Waals surface area contributed by atoms with Crippen molar-refractivity contribution in [2.75, 3.05) is 5.32 Å². The molecule has 0 radical (unpaired) electrons. The van der Waals surface area contributed by atoms with Gasteiger partial charge < -0.3 is 5.32 Å². The molecule has 0 bridgehead atoms. The molecule has 2 aromatic rings. The highest BCUT2D eigenvalue weighted by molar-refractivity contribution is 9.10. The smallest absolute Gasteiger partial charge is 0.266 e. The Hall–Kier alpha value is -2.09. The Morgan fingerprint density at radius 1 is 1.32 bits per heavy atom. The van der Waals surface area contributed by atoms with E-state index in [1.165, 1.54) is 6.08 Å². The van der Waals surface area contributed by atoms with Gasteiger partial charge in [-0.05, 0) is 42.3 Å². The maximum Gasteiger partial charge on any atom is 0.266 e. The van der Waals surface area contributed by atoms with E-state index >= 15 is 0 Å². The number of nitrogens with zero attached hydrogens (tertiary/aromatic N) is 1. The summed E-state index contributed by atoms with van der Waals surface area (Å²) in [4.78, 5) is 12.3. The molecular weight excluding hydrogens is 364 g/mol. The monoisotopic (exact) mass is 374 g/mol. The predicted octanol–water partition coefficient (Wildman–Crippen LogP) is 4.96. The van der Waals surface area contributed by atoms with Crippen molar-refractivity contribution in [3.05, 3.63) is 68.7 Å². The second kappa shape index (κ2) is 7.26. The van der Waals surface area contributed by atoms with Gasteiger partial charge in [0, 0.05) is 4.47 Å². The fraction of sp³-hybridized carbons (Fsp3) is 0.0588. The summed E-state index contributed by atoms with van der Waals surface area (Å²) in [6.45, 7) is 1.84. The minimum absolute atomic E-state index is 0.0115. The fourth-order valence-corrected chi connectivity index (χ4v) is 2.57. The molecule has 22 heavy (non-hydrogen) atoms. The van der Waals surface area contributed by atoms with Crippen molar-refractivity contribution in [2.24, 2.45) is 0 Å². The van der Waals surface area contributed by atoms with E-state index in [4.69, 9.17) is 11.6 Å². The Bertz CT molecular complexity index is 773. The van der Waals surface area contributed by atoms with Crippen LogP contribution in [0.25, 0.3) is 6.08 Å². The Morgan fingerprint density at radius 2 is 2.05 bits per heavy atom. The normalized spacial score (nSPS) is 10.9. The van der Waals surface area contributed by atoms with Gasteiger partial charge in [0.05, 0.1) is 10.7 Å². The molecule has 110 valence electrons. The summed E-state index contributed by atoms with van der Waals surface area (Å²) in [5, 5.41) is 12.3. The van der Waals surface area contributed by atoms with Gasteiger partial charge in [-0.2, -0.15) is 5.26 Å². The van der Waals surface area contributed by atoms with Crippen LogP contribution in [0.4, 0.5) is 5.69 Å². The molecule has 0 aliphatic rings. The Morgan fingerprint density at radius 3 is 2.68 bits per heavy atom. The molecule has 1 N–H and O–H groups in total. The van der Waals surface area contributed by atoms with Crippen LogP contribution in [-0.2, 0) is 4.79 Å². The highest BCUT2D eigenvalue weighted by Crippen LogP contribution is 2.26. The van der Waals surface area contributed by atoms with Gasteiger partial charge in [-0.15, -0.1) is 0 Å². The number of nitriles is 1. The molecule has 0 aromatic heterocycles. The van der Waals surface area contributed by atoms with Crippen LogP contribution in [0, 0.1) is 18.3 Å². The SMILES string of the molecule is Cc1cccc(Cl)c1NC(=O)/C(C#N)=C/c1cccc(Br)c1. The molecule has 0 saturated carbocycles. The lowest BCUT2D eigenvalue weighted by atomic mass is 10.1. The maximum atomic E-state index is 12.3. The zero-order chi connectivity index (χ0) is 16.1. The third-order valence-corrected chi connectivity index (χ3v) is 3.79. The maximum absolute atomic E-state index is 12.3. The first-order valence-electron chi connectivity index (χ1n) is 6.45. The lowest BCUT2D eigenvalue weighted by molar-refractivity contribution is -0.112. The first-order valence-corrected chi connectivity index (χ1v) is 7.62. The zero-order valence-corrected chi connectivity index (χ0v) is 14.1. The number of amides is 1. The highest BCUT2D eigenvalue weighted by atomic mass is 79.9. The number of halogens is 2. The molecule has 0 unspecified atom stereocenters. The molecular formula is C17H12BrClN2O. The van der Waals surface area contributed by atoms with E-state index in [1.54, 1.807) is 12.1 Å². The number of hydrogen-bond acceptors (Lipinski definition) is 2. The van der Waals surface area contributed by atoms with Gasteiger partial charge in [0.2, 0.25) is 0 Å². The summed E-state index contributed by atoms with van der Waals surface area (Å²) >= 11 is 9.43. The number of hydrogen-bond donors (Lipinski definition) is 1. The van der Waals surface area contributed by atoms with Gasteiger partial charge in [-0.25, -0.2) is 0 Å². The Balaban J connectivity index is 2.29. The molecule has 0 spiro atoms. The Labute approximate surface area is 142 Å². The van der Waals surface area contributed by atoms with Crippen LogP contribution in [-0.4, -0.2) is 5.91 Å². The van der Waals surface area contributed by atoms with Crippen LogP contribution in [0.15, 0.2) is 52.5 Å². The molecule has 0 fully saturated rings. The lowest BCUT2D eigenvalue weighted by Gasteiger charge is -2.09. The van der Waals surface area contributed by atoms with E-state index in [-0.39, 0.29) is 5.57 Å². The number of rotatable bonds is 3. The summed E-state index contributed by atoms with van der Waals surface area (Å²) in [6, 6.07) is 14.6. The van der Waals surface area contributed by atoms with Crippen LogP contribution in [0.5, 0.6) is 0 Å². The van der Waals surface area contributed by atoms with Crippen molar-refractivity contribution in [1.82, 2.24) is 0 Å². The van der Waals surface area contributed by atoms with Crippen LogP contribution in [0.1, 0.15) is 11.1 Å². The average Bonchev–Trinajstić information content (AvgIpc) is 2.48. The molecule has 0 saturated heterocycles. The topological polar surface area (TPSA) is 52.9 Å². The summed E-state index contributed by atoms with van der Waals surface area (Å²) in [5.41, 5.74) is 2.12. The van der Waals surface area contributed by atoms with Crippen LogP contribution >= 0.6 is 27.5 Å². The van der Waals surface area contributed by atoms with Crippen LogP contribution in [0.2, 0.25) is 5.02 Å². The van der Waals surface area contributed by atoms with Gasteiger partial charge >= 0.3 is 0 Å². The first-order chi connectivity index (χ1) is 10.5. The van der Waals surface area contributed by atoms with E-state index in [0.717, 1.165) is 15.6 Å². The highest BCUT2D eigenvalue weighted by Gasteiger charge is 2.13. The van der Waals surface area contributed by atoms with Crippen LogP contribution < -0.4 is 5.32 Å². The van der Waals surface area contributed by atoms with E-state index in [1.807, 2.05) is 43.3 Å². The number of aryl methyl sites for hydroxylation is 1. The quantitative estimate of drug-likeness (QED) is 0.609. The molecule has 1 amide bonds. The molecule has 0 heterocycles. The standard InChI is InChI=1S/C17H12BrClN2O/c1-11-4-2-7-15(19)16(11)21-17(22)13(10-20)8-12-5-3-6-14(18)9-12/h2-9H,1H3,(H,21,22)/b13-8+. The number of benzene rings is 2. The van der Waals surface area contributed by atoms with Gasteiger partial charge in [0.1, 0.15) is 11.6 Å². The molecule has 0 aliphatic carbocycles. The van der Waals surface area contributed by atoms with Crippen molar-refractivity contribution in [3.63, 3.8) is 0 Å². The molecule has 0 aliphatic heterocycles. The zero-order valence-electron chi connectivity index (χ0n) is 11.7.